The number of fused-ring (bicyclic) bond motifs is 1. The van der Waals surface area contributed by atoms with Crippen LogP contribution < -0.4 is 10.2 Å². The first kappa shape index (κ1) is 17.4. The quantitative estimate of drug-likeness (QED) is 0.806. The van der Waals surface area contributed by atoms with Crippen molar-refractivity contribution in [3.8, 4) is 0 Å². The molecule has 2 aromatic rings. The summed E-state index contributed by atoms with van der Waals surface area (Å²) in [5, 5.41) is 3.55. The van der Waals surface area contributed by atoms with E-state index in [0.717, 1.165) is 11.3 Å². The van der Waals surface area contributed by atoms with Gasteiger partial charge in [-0.05, 0) is 35.9 Å². The van der Waals surface area contributed by atoms with Gasteiger partial charge in [0.05, 0.1) is 24.5 Å². The second-order valence-corrected chi connectivity index (χ2v) is 7.82. The molecular formula is C21H18ClN3O3. The van der Waals surface area contributed by atoms with Gasteiger partial charge in [-0.3, -0.25) is 14.6 Å². The first-order valence-corrected chi connectivity index (χ1v) is 9.56. The van der Waals surface area contributed by atoms with E-state index in [-0.39, 0.29) is 17.9 Å². The molecule has 28 heavy (non-hydrogen) atoms. The SMILES string of the molecule is O=C(NCc1cccnc1)C1C2C(=O)N(c3ccc(Cl)cc3)C[C@@]23C=C[C@H]1O3. The van der Waals surface area contributed by atoms with Crippen molar-refractivity contribution in [1.29, 1.82) is 0 Å². The summed E-state index contributed by atoms with van der Waals surface area (Å²) in [7, 11) is 0. The van der Waals surface area contributed by atoms with Crippen molar-refractivity contribution in [2.75, 3.05) is 11.4 Å². The van der Waals surface area contributed by atoms with Gasteiger partial charge in [0.15, 0.2) is 0 Å². The molecule has 3 aliphatic heterocycles. The third-order valence-electron chi connectivity index (χ3n) is 5.73. The molecule has 1 spiro atoms. The molecule has 1 aromatic heterocycles. The number of benzene rings is 1. The molecule has 0 radical (unpaired) electrons. The van der Waals surface area contributed by atoms with Crippen LogP contribution in [0.5, 0.6) is 0 Å². The number of halogens is 1. The predicted octanol–water partition coefficient (Wildman–Crippen LogP) is 2.34. The Balaban J connectivity index is 1.38. The third-order valence-corrected chi connectivity index (χ3v) is 5.98. The fraction of sp³-hybridized carbons (Fsp3) is 0.286. The van der Waals surface area contributed by atoms with Crippen LogP contribution in [0.2, 0.25) is 5.02 Å². The van der Waals surface area contributed by atoms with Crippen LogP contribution in [0.1, 0.15) is 5.56 Å². The molecule has 4 heterocycles. The highest BCUT2D eigenvalue weighted by Crippen LogP contribution is 2.52. The van der Waals surface area contributed by atoms with E-state index in [4.69, 9.17) is 16.3 Å². The minimum Gasteiger partial charge on any atom is -0.360 e. The Morgan fingerprint density at radius 2 is 2.14 bits per heavy atom. The maximum atomic E-state index is 13.2. The number of carbonyl (C=O) groups excluding carboxylic acids is 2. The Morgan fingerprint density at radius 3 is 2.89 bits per heavy atom. The summed E-state index contributed by atoms with van der Waals surface area (Å²) in [6.07, 6.45) is 6.88. The van der Waals surface area contributed by atoms with Crippen molar-refractivity contribution < 1.29 is 14.3 Å². The molecule has 2 unspecified atom stereocenters. The van der Waals surface area contributed by atoms with Crippen LogP contribution in [0.15, 0.2) is 60.9 Å². The first-order valence-electron chi connectivity index (χ1n) is 9.18. The minimum absolute atomic E-state index is 0.0873. The molecule has 2 fully saturated rings. The summed E-state index contributed by atoms with van der Waals surface area (Å²) in [6, 6.07) is 10.8. The van der Waals surface area contributed by atoms with Gasteiger partial charge in [-0.15, -0.1) is 0 Å². The van der Waals surface area contributed by atoms with Gasteiger partial charge in [0.25, 0.3) is 0 Å². The average Bonchev–Trinajstić information content (AvgIpc) is 3.36. The molecule has 5 rings (SSSR count). The zero-order valence-corrected chi connectivity index (χ0v) is 15.7. The molecule has 3 aliphatic rings. The van der Waals surface area contributed by atoms with Crippen molar-refractivity contribution in [3.05, 3.63) is 71.5 Å². The number of rotatable bonds is 4. The zero-order valence-electron chi connectivity index (χ0n) is 14.9. The van der Waals surface area contributed by atoms with Crippen LogP contribution in [-0.4, -0.2) is 35.0 Å². The molecule has 0 aliphatic carbocycles. The molecular weight excluding hydrogens is 378 g/mol. The maximum absolute atomic E-state index is 13.2. The number of hydrogen-bond acceptors (Lipinski definition) is 4. The zero-order chi connectivity index (χ0) is 19.3. The van der Waals surface area contributed by atoms with E-state index in [9.17, 15) is 9.59 Å². The standard InChI is InChI=1S/C21H18ClN3O3/c22-14-3-5-15(6-4-14)25-12-21-8-7-16(28-21)17(18(21)20(25)27)19(26)24-11-13-2-1-9-23-10-13/h1-10,16-18H,11-12H2,(H,24,26)/t16-,17?,18?,21+/m1/s1. The first-order chi connectivity index (χ1) is 13.6. The van der Waals surface area contributed by atoms with Gasteiger partial charge < -0.3 is 15.0 Å². The summed E-state index contributed by atoms with van der Waals surface area (Å²) in [5.41, 5.74) is 0.927. The third kappa shape index (κ3) is 2.64. The normalized spacial score (nSPS) is 30.0. The number of nitrogens with one attached hydrogen (secondary N) is 1. The molecule has 2 saturated heterocycles. The van der Waals surface area contributed by atoms with Gasteiger partial charge in [-0.2, -0.15) is 0 Å². The Hall–Kier alpha value is -2.70. The molecule has 1 N–H and O–H groups in total. The monoisotopic (exact) mass is 395 g/mol. The summed E-state index contributed by atoms with van der Waals surface area (Å²) < 4.78 is 6.14. The Morgan fingerprint density at radius 1 is 1.32 bits per heavy atom. The fourth-order valence-electron chi connectivity index (χ4n) is 4.45. The second-order valence-electron chi connectivity index (χ2n) is 7.38. The largest absolute Gasteiger partial charge is 0.360 e. The molecule has 2 amide bonds. The van der Waals surface area contributed by atoms with Crippen LogP contribution in [0.4, 0.5) is 5.69 Å². The Kier molecular flexibility index (Phi) is 4.00. The van der Waals surface area contributed by atoms with Gasteiger partial charge in [0.1, 0.15) is 5.60 Å². The molecule has 1 aromatic carbocycles. The molecule has 4 atom stereocenters. The van der Waals surface area contributed by atoms with Gasteiger partial charge in [-0.25, -0.2) is 0 Å². The topological polar surface area (TPSA) is 71.5 Å². The minimum atomic E-state index is -0.738. The average molecular weight is 396 g/mol. The number of hydrogen-bond donors (Lipinski definition) is 1. The lowest BCUT2D eigenvalue weighted by Crippen LogP contribution is -2.44. The van der Waals surface area contributed by atoms with Crippen molar-refractivity contribution in [1.82, 2.24) is 10.3 Å². The van der Waals surface area contributed by atoms with Crippen LogP contribution in [-0.2, 0) is 20.9 Å². The summed E-state index contributed by atoms with van der Waals surface area (Å²) in [5.74, 6) is -1.31. The van der Waals surface area contributed by atoms with Gasteiger partial charge >= 0.3 is 0 Å². The number of carbonyl (C=O) groups is 2. The summed E-state index contributed by atoms with van der Waals surface area (Å²) in [6.45, 7) is 0.770. The van der Waals surface area contributed by atoms with E-state index in [0.29, 0.717) is 18.1 Å². The molecule has 6 nitrogen and oxygen atoms in total. The van der Waals surface area contributed by atoms with Gasteiger partial charge in [-0.1, -0.05) is 29.8 Å². The van der Waals surface area contributed by atoms with E-state index in [2.05, 4.69) is 10.3 Å². The highest BCUT2D eigenvalue weighted by molar-refractivity contribution is 6.30. The Labute approximate surface area is 167 Å². The number of aromatic nitrogens is 1. The highest BCUT2D eigenvalue weighted by Gasteiger charge is 2.67. The smallest absolute Gasteiger partial charge is 0.234 e. The lowest BCUT2D eigenvalue weighted by molar-refractivity contribution is -0.132. The van der Waals surface area contributed by atoms with E-state index in [1.54, 1.807) is 29.4 Å². The number of ether oxygens (including phenoxy) is 1. The van der Waals surface area contributed by atoms with E-state index in [1.165, 1.54) is 0 Å². The molecule has 7 heteroatoms. The van der Waals surface area contributed by atoms with Crippen molar-refractivity contribution in [2.45, 2.75) is 18.2 Å². The fourth-order valence-corrected chi connectivity index (χ4v) is 4.57. The van der Waals surface area contributed by atoms with E-state index in [1.807, 2.05) is 36.4 Å². The van der Waals surface area contributed by atoms with Crippen LogP contribution >= 0.6 is 11.6 Å². The lowest BCUT2D eigenvalue weighted by atomic mass is 9.77. The highest BCUT2D eigenvalue weighted by atomic mass is 35.5. The molecule has 2 bridgehead atoms. The summed E-state index contributed by atoms with van der Waals surface area (Å²) >= 11 is 5.97. The van der Waals surface area contributed by atoms with Crippen LogP contribution in [0, 0.1) is 11.8 Å². The van der Waals surface area contributed by atoms with E-state index < -0.39 is 17.4 Å². The van der Waals surface area contributed by atoms with Gasteiger partial charge in [0.2, 0.25) is 11.8 Å². The number of nitrogens with zero attached hydrogens (tertiary/aromatic N) is 2. The van der Waals surface area contributed by atoms with Crippen molar-refractivity contribution in [3.63, 3.8) is 0 Å². The van der Waals surface area contributed by atoms with E-state index >= 15 is 0 Å². The molecule has 142 valence electrons. The predicted molar refractivity (Wildman–Crippen MR) is 104 cm³/mol. The Bertz CT molecular complexity index is 963. The summed E-state index contributed by atoms with van der Waals surface area (Å²) in [4.78, 5) is 31.9. The second kappa shape index (κ2) is 6.43. The van der Waals surface area contributed by atoms with Crippen molar-refractivity contribution >= 4 is 29.1 Å². The number of pyridine rings is 1. The molecule has 0 saturated carbocycles. The number of anilines is 1. The van der Waals surface area contributed by atoms with Crippen LogP contribution in [0.3, 0.4) is 0 Å². The van der Waals surface area contributed by atoms with Crippen molar-refractivity contribution in [2.24, 2.45) is 11.8 Å². The van der Waals surface area contributed by atoms with Gasteiger partial charge in [0, 0.05) is 29.6 Å². The number of amides is 2. The van der Waals surface area contributed by atoms with Crippen LogP contribution in [0.25, 0.3) is 0 Å². The maximum Gasteiger partial charge on any atom is 0.234 e. The lowest BCUT2D eigenvalue weighted by Gasteiger charge is -2.23.